The number of rotatable bonds is 6. The molecule has 0 heterocycles. The van der Waals surface area contributed by atoms with Crippen LogP contribution in [0.25, 0.3) is 0 Å². The number of carbonyl (C=O) groups is 2. The summed E-state index contributed by atoms with van der Waals surface area (Å²) in [6.45, 7) is 4.10. The predicted molar refractivity (Wildman–Crippen MR) is 62.6 cm³/mol. The van der Waals surface area contributed by atoms with Gasteiger partial charge in [-0.2, -0.15) is 0 Å². The standard InChI is InChI=1S/C12H21NO4/c1-3-17-12(6-4-5-7-12)11(16)13-8-9(2)10(14)15/h9H,3-8H2,1-2H3,(H,13,16)(H,14,15). The van der Waals surface area contributed by atoms with Crippen LogP contribution in [-0.4, -0.2) is 35.7 Å². The van der Waals surface area contributed by atoms with Crippen molar-refractivity contribution < 1.29 is 19.4 Å². The Morgan fingerprint density at radius 1 is 1.41 bits per heavy atom. The number of hydrogen-bond acceptors (Lipinski definition) is 3. The molecular weight excluding hydrogens is 222 g/mol. The van der Waals surface area contributed by atoms with E-state index in [1.54, 1.807) is 6.92 Å². The summed E-state index contributed by atoms with van der Waals surface area (Å²) in [6, 6.07) is 0. The highest BCUT2D eigenvalue weighted by molar-refractivity contribution is 5.86. The number of hydrogen-bond donors (Lipinski definition) is 2. The Balaban J connectivity index is 2.52. The zero-order valence-corrected chi connectivity index (χ0v) is 10.5. The van der Waals surface area contributed by atoms with Gasteiger partial charge in [0.25, 0.3) is 5.91 Å². The van der Waals surface area contributed by atoms with Crippen molar-refractivity contribution in [2.45, 2.75) is 45.1 Å². The van der Waals surface area contributed by atoms with Gasteiger partial charge in [-0.05, 0) is 32.6 Å². The molecule has 1 unspecified atom stereocenters. The normalized spacial score (nSPS) is 19.9. The molecule has 1 aliphatic carbocycles. The van der Waals surface area contributed by atoms with Crippen LogP contribution in [-0.2, 0) is 14.3 Å². The Bertz CT molecular complexity index is 284. The number of carboxylic acid groups (broad SMARTS) is 1. The van der Waals surface area contributed by atoms with E-state index < -0.39 is 17.5 Å². The van der Waals surface area contributed by atoms with E-state index in [0.29, 0.717) is 6.61 Å². The molecule has 1 amide bonds. The Morgan fingerprint density at radius 2 is 2.00 bits per heavy atom. The van der Waals surface area contributed by atoms with Crippen LogP contribution >= 0.6 is 0 Å². The molecule has 1 fully saturated rings. The molecule has 1 atom stereocenters. The molecule has 2 N–H and O–H groups in total. The van der Waals surface area contributed by atoms with Crippen LogP contribution in [0.2, 0.25) is 0 Å². The smallest absolute Gasteiger partial charge is 0.308 e. The summed E-state index contributed by atoms with van der Waals surface area (Å²) in [5.41, 5.74) is -0.715. The highest BCUT2D eigenvalue weighted by Gasteiger charge is 2.41. The average molecular weight is 243 g/mol. The van der Waals surface area contributed by atoms with Gasteiger partial charge in [-0.15, -0.1) is 0 Å². The van der Waals surface area contributed by atoms with Gasteiger partial charge in [0.05, 0.1) is 5.92 Å². The van der Waals surface area contributed by atoms with E-state index in [1.165, 1.54) is 0 Å². The van der Waals surface area contributed by atoms with Crippen molar-refractivity contribution in [1.82, 2.24) is 5.32 Å². The lowest BCUT2D eigenvalue weighted by atomic mass is 10.0. The SMILES string of the molecule is CCOC1(C(=O)NCC(C)C(=O)O)CCCC1. The van der Waals surface area contributed by atoms with Gasteiger partial charge in [-0.25, -0.2) is 0 Å². The molecule has 5 nitrogen and oxygen atoms in total. The van der Waals surface area contributed by atoms with Crippen LogP contribution in [0.1, 0.15) is 39.5 Å². The average Bonchev–Trinajstić information content (AvgIpc) is 2.75. The lowest BCUT2D eigenvalue weighted by molar-refractivity contribution is -0.147. The van der Waals surface area contributed by atoms with Gasteiger partial charge in [0.1, 0.15) is 5.60 Å². The maximum Gasteiger partial charge on any atom is 0.308 e. The first-order valence-electron chi connectivity index (χ1n) is 6.17. The molecule has 0 aromatic rings. The van der Waals surface area contributed by atoms with Crippen molar-refractivity contribution in [3.8, 4) is 0 Å². The van der Waals surface area contributed by atoms with Crippen molar-refractivity contribution >= 4 is 11.9 Å². The van der Waals surface area contributed by atoms with Crippen LogP contribution in [0.3, 0.4) is 0 Å². The molecular formula is C12H21NO4. The Kier molecular flexibility index (Phi) is 4.93. The minimum Gasteiger partial charge on any atom is -0.481 e. The van der Waals surface area contributed by atoms with Gasteiger partial charge in [0, 0.05) is 13.2 Å². The number of carbonyl (C=O) groups excluding carboxylic acids is 1. The summed E-state index contributed by atoms with van der Waals surface area (Å²) in [6.07, 6.45) is 3.44. The number of carboxylic acids is 1. The first-order chi connectivity index (χ1) is 8.02. The highest BCUT2D eigenvalue weighted by Crippen LogP contribution is 2.33. The van der Waals surface area contributed by atoms with E-state index in [4.69, 9.17) is 9.84 Å². The summed E-state index contributed by atoms with van der Waals surface area (Å²) >= 11 is 0. The summed E-state index contributed by atoms with van der Waals surface area (Å²) in [5.74, 6) is -1.63. The molecule has 0 aromatic carbocycles. The second-order valence-electron chi connectivity index (χ2n) is 4.58. The second kappa shape index (κ2) is 6.00. The zero-order chi connectivity index (χ0) is 12.9. The monoisotopic (exact) mass is 243 g/mol. The number of ether oxygens (including phenoxy) is 1. The van der Waals surface area contributed by atoms with Crippen molar-refractivity contribution in [2.24, 2.45) is 5.92 Å². The first kappa shape index (κ1) is 14.0. The van der Waals surface area contributed by atoms with Crippen LogP contribution < -0.4 is 5.32 Å². The minimum atomic E-state index is -0.901. The molecule has 0 saturated heterocycles. The number of nitrogens with one attached hydrogen (secondary N) is 1. The molecule has 0 aromatic heterocycles. The summed E-state index contributed by atoms with van der Waals surface area (Å²) in [7, 11) is 0. The quantitative estimate of drug-likeness (QED) is 0.734. The lowest BCUT2D eigenvalue weighted by Crippen LogP contribution is -2.48. The second-order valence-corrected chi connectivity index (χ2v) is 4.58. The van der Waals surface area contributed by atoms with Crippen LogP contribution in [0.5, 0.6) is 0 Å². The minimum absolute atomic E-state index is 0.156. The van der Waals surface area contributed by atoms with E-state index >= 15 is 0 Å². The van der Waals surface area contributed by atoms with E-state index in [9.17, 15) is 9.59 Å². The summed E-state index contributed by atoms with van der Waals surface area (Å²) in [4.78, 5) is 22.7. The van der Waals surface area contributed by atoms with Crippen molar-refractivity contribution in [3.05, 3.63) is 0 Å². The topological polar surface area (TPSA) is 75.6 Å². The fourth-order valence-electron chi connectivity index (χ4n) is 2.15. The maximum absolute atomic E-state index is 12.1. The molecule has 0 aliphatic heterocycles. The molecule has 1 aliphatic rings. The summed E-state index contributed by atoms with van der Waals surface area (Å²) in [5, 5.41) is 11.4. The third-order valence-electron chi connectivity index (χ3n) is 3.24. The van der Waals surface area contributed by atoms with Gasteiger partial charge in [0.2, 0.25) is 0 Å². The lowest BCUT2D eigenvalue weighted by Gasteiger charge is -2.27. The first-order valence-corrected chi connectivity index (χ1v) is 6.17. The van der Waals surface area contributed by atoms with E-state index in [1.807, 2.05) is 6.92 Å². The Labute approximate surface area is 102 Å². The fourth-order valence-corrected chi connectivity index (χ4v) is 2.15. The van der Waals surface area contributed by atoms with Gasteiger partial charge in [-0.1, -0.05) is 6.92 Å². The third-order valence-corrected chi connectivity index (χ3v) is 3.24. The van der Waals surface area contributed by atoms with Gasteiger partial charge in [-0.3, -0.25) is 9.59 Å². The molecule has 0 radical (unpaired) electrons. The molecule has 17 heavy (non-hydrogen) atoms. The van der Waals surface area contributed by atoms with Crippen LogP contribution in [0.4, 0.5) is 0 Å². The zero-order valence-electron chi connectivity index (χ0n) is 10.5. The third kappa shape index (κ3) is 3.43. The van der Waals surface area contributed by atoms with Gasteiger partial charge in [0.15, 0.2) is 0 Å². The Morgan fingerprint density at radius 3 is 2.47 bits per heavy atom. The predicted octanol–water partition coefficient (Wildman–Crippen LogP) is 1.17. The molecule has 1 rings (SSSR count). The number of amides is 1. The molecule has 0 spiro atoms. The number of aliphatic carboxylic acids is 1. The van der Waals surface area contributed by atoms with E-state index in [0.717, 1.165) is 25.7 Å². The summed E-state index contributed by atoms with van der Waals surface area (Å²) < 4.78 is 5.59. The van der Waals surface area contributed by atoms with Crippen LogP contribution in [0.15, 0.2) is 0 Å². The highest BCUT2D eigenvalue weighted by atomic mass is 16.5. The van der Waals surface area contributed by atoms with Crippen molar-refractivity contribution in [1.29, 1.82) is 0 Å². The van der Waals surface area contributed by atoms with E-state index in [2.05, 4.69) is 5.32 Å². The fraction of sp³-hybridized carbons (Fsp3) is 0.833. The van der Waals surface area contributed by atoms with Crippen molar-refractivity contribution in [2.75, 3.05) is 13.2 Å². The van der Waals surface area contributed by atoms with Gasteiger partial charge >= 0.3 is 5.97 Å². The molecule has 98 valence electrons. The molecule has 5 heteroatoms. The van der Waals surface area contributed by atoms with E-state index in [-0.39, 0.29) is 12.5 Å². The van der Waals surface area contributed by atoms with Gasteiger partial charge < -0.3 is 15.2 Å². The maximum atomic E-state index is 12.1. The molecule has 1 saturated carbocycles. The largest absolute Gasteiger partial charge is 0.481 e. The molecule has 0 bridgehead atoms. The van der Waals surface area contributed by atoms with Crippen LogP contribution in [0, 0.1) is 5.92 Å². The Hall–Kier alpha value is -1.10. The van der Waals surface area contributed by atoms with Crippen molar-refractivity contribution in [3.63, 3.8) is 0 Å².